The van der Waals surface area contributed by atoms with E-state index in [1.807, 2.05) is 0 Å². The fourth-order valence-corrected chi connectivity index (χ4v) is 1.25. The molecule has 1 N–H and O–H groups in total. The summed E-state index contributed by atoms with van der Waals surface area (Å²) in [6, 6.07) is 3.40. The second-order valence-electron chi connectivity index (χ2n) is 2.79. The number of hydrogen-bond acceptors (Lipinski definition) is 2. The van der Waals surface area contributed by atoms with Gasteiger partial charge in [0.25, 0.3) is 12.5 Å². The van der Waals surface area contributed by atoms with E-state index in [0.29, 0.717) is 4.47 Å². The van der Waals surface area contributed by atoms with Crippen LogP contribution in [0.3, 0.4) is 0 Å². The van der Waals surface area contributed by atoms with Gasteiger partial charge in [0, 0.05) is 4.47 Å². The van der Waals surface area contributed by atoms with E-state index in [0.717, 1.165) is 12.1 Å². The highest BCUT2D eigenvalue weighted by Crippen LogP contribution is 2.23. The first kappa shape index (κ1) is 12.8. The number of carbonyl (C=O) groups is 1. The van der Waals surface area contributed by atoms with Gasteiger partial charge in [0.2, 0.25) is 0 Å². The number of hydrogen-bond donors (Lipinski definition) is 1. The highest BCUT2D eigenvalue weighted by Gasteiger charge is 2.31. The second-order valence-corrected chi connectivity index (χ2v) is 3.70. The molecule has 0 aromatic heterocycles. The quantitative estimate of drug-likeness (QED) is 0.930. The molecule has 0 bridgehead atoms. The molecule has 0 spiro atoms. The molecule has 0 aliphatic heterocycles. The van der Waals surface area contributed by atoms with Crippen LogP contribution in [-0.4, -0.2) is 23.6 Å². The van der Waals surface area contributed by atoms with Gasteiger partial charge in [0.1, 0.15) is 0 Å². The maximum absolute atomic E-state index is 13.1. The summed E-state index contributed by atoms with van der Waals surface area (Å²) in [5, 5.41) is 8.41. The zero-order chi connectivity index (χ0) is 12.3. The number of carboxylic acid groups (broad SMARTS) is 1. The van der Waals surface area contributed by atoms with Crippen LogP contribution in [0.5, 0.6) is 5.75 Å². The molecule has 0 radical (unpaired) electrons. The van der Waals surface area contributed by atoms with Gasteiger partial charge in [-0.05, 0) is 18.2 Å². The number of aliphatic carboxylic acids is 1. The number of ether oxygens (including phenoxy) is 1. The fourth-order valence-electron chi connectivity index (χ4n) is 0.917. The van der Waals surface area contributed by atoms with Gasteiger partial charge in [0.15, 0.2) is 11.6 Å². The van der Waals surface area contributed by atoms with Crippen LogP contribution in [0.25, 0.3) is 0 Å². The highest BCUT2D eigenvalue weighted by atomic mass is 79.9. The molecule has 16 heavy (non-hydrogen) atoms. The maximum atomic E-state index is 13.1. The average molecular weight is 299 g/mol. The third-order valence-electron chi connectivity index (χ3n) is 1.62. The average Bonchev–Trinajstić information content (AvgIpc) is 2.15. The molecule has 0 aliphatic carbocycles. The molecule has 1 unspecified atom stereocenters. The molecule has 1 aromatic carbocycles. The van der Waals surface area contributed by atoms with E-state index < -0.39 is 30.1 Å². The van der Waals surface area contributed by atoms with Crippen molar-refractivity contribution in [3.05, 3.63) is 28.5 Å². The number of benzene rings is 1. The third-order valence-corrected chi connectivity index (χ3v) is 2.11. The van der Waals surface area contributed by atoms with Gasteiger partial charge in [-0.1, -0.05) is 15.9 Å². The molecule has 88 valence electrons. The lowest BCUT2D eigenvalue weighted by Crippen LogP contribution is -2.34. The van der Waals surface area contributed by atoms with Crippen LogP contribution in [0.1, 0.15) is 0 Å². The first-order valence-electron chi connectivity index (χ1n) is 4.04. The lowest BCUT2D eigenvalue weighted by molar-refractivity contribution is -0.152. The highest BCUT2D eigenvalue weighted by molar-refractivity contribution is 9.10. The summed E-state index contributed by atoms with van der Waals surface area (Å²) in [5.74, 6) is -3.30. The summed E-state index contributed by atoms with van der Waals surface area (Å²) in [6.45, 7) is 0. The minimum atomic E-state index is -3.24. The van der Waals surface area contributed by atoms with Crippen molar-refractivity contribution < 1.29 is 27.8 Å². The molecule has 0 aliphatic rings. The Kier molecular flexibility index (Phi) is 4.17. The van der Waals surface area contributed by atoms with Crippen molar-refractivity contribution in [1.29, 1.82) is 0 Å². The summed E-state index contributed by atoms with van der Waals surface area (Å²) >= 11 is 2.96. The van der Waals surface area contributed by atoms with Crippen LogP contribution in [0.2, 0.25) is 0 Å². The number of rotatable bonds is 4. The van der Waals surface area contributed by atoms with Crippen LogP contribution in [0.4, 0.5) is 13.2 Å². The summed E-state index contributed by atoms with van der Waals surface area (Å²) in [5.41, 5.74) is 0. The van der Waals surface area contributed by atoms with Crippen LogP contribution in [-0.2, 0) is 4.79 Å². The fraction of sp³-hybridized carbons (Fsp3) is 0.222. The molecule has 3 nitrogen and oxygen atoms in total. The van der Waals surface area contributed by atoms with Gasteiger partial charge < -0.3 is 9.84 Å². The molecule has 0 heterocycles. The molecule has 1 aromatic rings. The molecule has 1 atom stereocenters. The van der Waals surface area contributed by atoms with E-state index in [1.165, 1.54) is 6.07 Å². The predicted octanol–water partition coefficient (Wildman–Crippen LogP) is 2.69. The van der Waals surface area contributed by atoms with E-state index in [2.05, 4.69) is 20.7 Å². The first-order chi connectivity index (χ1) is 7.41. The Hall–Kier alpha value is -1.24. The number of carboxylic acids is 1. The SMILES string of the molecule is O=C(O)C(Oc1ccc(Br)cc1F)C(F)F. The third kappa shape index (κ3) is 3.13. The zero-order valence-corrected chi connectivity index (χ0v) is 9.25. The standard InChI is InChI=1S/C9H6BrF3O3/c10-4-1-2-6(5(11)3-4)16-7(8(12)13)9(14)15/h1-3,7-8H,(H,14,15). The van der Waals surface area contributed by atoms with Gasteiger partial charge in [-0.2, -0.15) is 0 Å². The molecule has 0 saturated heterocycles. The Morgan fingerprint density at radius 1 is 1.44 bits per heavy atom. The van der Waals surface area contributed by atoms with Crippen molar-refractivity contribution in [2.24, 2.45) is 0 Å². The normalized spacial score (nSPS) is 12.6. The largest absolute Gasteiger partial charge is 0.478 e. The summed E-state index contributed by atoms with van der Waals surface area (Å²) in [7, 11) is 0. The molecule has 0 amide bonds. The lowest BCUT2D eigenvalue weighted by Gasteiger charge is -2.14. The Morgan fingerprint density at radius 3 is 2.50 bits per heavy atom. The van der Waals surface area contributed by atoms with Crippen LogP contribution >= 0.6 is 15.9 Å². The molecular formula is C9H6BrF3O3. The van der Waals surface area contributed by atoms with Gasteiger partial charge in [-0.15, -0.1) is 0 Å². The van der Waals surface area contributed by atoms with E-state index in [-0.39, 0.29) is 0 Å². The topological polar surface area (TPSA) is 46.5 Å². The lowest BCUT2D eigenvalue weighted by atomic mass is 10.3. The smallest absolute Gasteiger partial charge is 0.351 e. The van der Waals surface area contributed by atoms with Gasteiger partial charge >= 0.3 is 5.97 Å². The van der Waals surface area contributed by atoms with E-state index in [4.69, 9.17) is 5.11 Å². The van der Waals surface area contributed by atoms with Crippen molar-refractivity contribution in [3.8, 4) is 5.75 Å². The monoisotopic (exact) mass is 298 g/mol. The summed E-state index contributed by atoms with van der Waals surface area (Å²) < 4.78 is 42.3. The van der Waals surface area contributed by atoms with Crippen LogP contribution in [0.15, 0.2) is 22.7 Å². The van der Waals surface area contributed by atoms with E-state index in [9.17, 15) is 18.0 Å². The van der Waals surface area contributed by atoms with Crippen molar-refractivity contribution in [3.63, 3.8) is 0 Å². The zero-order valence-electron chi connectivity index (χ0n) is 7.66. The Bertz CT molecular complexity index is 398. The van der Waals surface area contributed by atoms with Gasteiger partial charge in [-0.25, -0.2) is 18.0 Å². The Balaban J connectivity index is 2.90. The van der Waals surface area contributed by atoms with Gasteiger partial charge in [0.05, 0.1) is 0 Å². The number of halogens is 4. The molecule has 1 rings (SSSR count). The minimum absolute atomic E-state index is 0.390. The van der Waals surface area contributed by atoms with E-state index >= 15 is 0 Å². The number of alkyl halides is 2. The van der Waals surface area contributed by atoms with Crippen molar-refractivity contribution >= 4 is 21.9 Å². The minimum Gasteiger partial charge on any atom is -0.478 e. The summed E-state index contributed by atoms with van der Waals surface area (Å²) in [4.78, 5) is 10.4. The maximum Gasteiger partial charge on any atom is 0.351 e. The van der Waals surface area contributed by atoms with E-state index in [1.54, 1.807) is 0 Å². The Labute approximate surface area is 97.0 Å². The molecule has 0 saturated carbocycles. The van der Waals surface area contributed by atoms with Crippen molar-refractivity contribution in [1.82, 2.24) is 0 Å². The van der Waals surface area contributed by atoms with Crippen LogP contribution in [0, 0.1) is 5.82 Å². The molecule has 0 fully saturated rings. The summed E-state index contributed by atoms with van der Waals surface area (Å²) in [6.07, 6.45) is -5.61. The second kappa shape index (κ2) is 5.20. The van der Waals surface area contributed by atoms with Crippen molar-refractivity contribution in [2.75, 3.05) is 0 Å². The molecule has 7 heteroatoms. The van der Waals surface area contributed by atoms with Crippen LogP contribution < -0.4 is 4.74 Å². The predicted molar refractivity (Wildman–Crippen MR) is 52.2 cm³/mol. The van der Waals surface area contributed by atoms with Crippen molar-refractivity contribution in [2.45, 2.75) is 12.5 Å². The Morgan fingerprint density at radius 2 is 2.06 bits per heavy atom. The first-order valence-corrected chi connectivity index (χ1v) is 4.83. The molecular weight excluding hydrogens is 293 g/mol. The van der Waals surface area contributed by atoms with Gasteiger partial charge in [-0.3, -0.25) is 0 Å².